The number of hydrogen-bond donors (Lipinski definition) is 2. The normalized spacial score (nSPS) is 12.8. The van der Waals surface area contributed by atoms with Crippen LogP contribution in [-0.2, 0) is 4.79 Å². The molecule has 0 spiro atoms. The Hall–Kier alpha value is -3.32. The van der Waals surface area contributed by atoms with Crippen molar-refractivity contribution >= 4 is 33.8 Å². The highest BCUT2D eigenvalue weighted by Crippen LogP contribution is 2.34. The summed E-state index contributed by atoms with van der Waals surface area (Å²) in [6, 6.07) is 16.4. The van der Waals surface area contributed by atoms with Gasteiger partial charge in [0, 0.05) is 5.92 Å². The third kappa shape index (κ3) is 5.24. The van der Waals surface area contributed by atoms with Gasteiger partial charge < -0.3 is 20.1 Å². The molecule has 160 valence electrons. The fourth-order valence-electron chi connectivity index (χ4n) is 3.07. The molecule has 3 aromatic rings. The molecule has 1 fully saturated rings. The Morgan fingerprint density at radius 3 is 2.45 bits per heavy atom. The number of rotatable bonds is 8. The van der Waals surface area contributed by atoms with Gasteiger partial charge in [0.05, 0.1) is 22.2 Å². The Bertz CT molecular complexity index is 1090. The molecule has 0 bridgehead atoms. The lowest BCUT2D eigenvalue weighted by molar-refractivity contribution is -0.117. The predicted molar refractivity (Wildman–Crippen MR) is 122 cm³/mol. The number of para-hydroxylation sites is 2. The fraction of sp³-hybridized carbons (Fsp3) is 0.250. The van der Waals surface area contributed by atoms with Gasteiger partial charge in [-0.15, -0.1) is 11.3 Å². The van der Waals surface area contributed by atoms with Crippen molar-refractivity contribution in [3.05, 3.63) is 65.0 Å². The van der Waals surface area contributed by atoms with Crippen LogP contribution in [0.5, 0.6) is 17.2 Å². The van der Waals surface area contributed by atoms with E-state index in [9.17, 15) is 9.59 Å². The van der Waals surface area contributed by atoms with E-state index in [-0.39, 0.29) is 17.7 Å². The lowest BCUT2D eigenvalue weighted by atomic mass is 10.2. The summed E-state index contributed by atoms with van der Waals surface area (Å²) in [5.74, 6) is 1.86. The third-order valence-corrected chi connectivity index (χ3v) is 5.97. The summed E-state index contributed by atoms with van der Waals surface area (Å²) < 4.78 is 11.4. The minimum Gasteiger partial charge on any atom is -0.494 e. The largest absolute Gasteiger partial charge is 0.494 e. The van der Waals surface area contributed by atoms with Crippen molar-refractivity contribution in [3.8, 4) is 17.2 Å². The molecule has 0 unspecified atom stereocenters. The van der Waals surface area contributed by atoms with Crippen LogP contribution in [0, 0.1) is 12.8 Å². The van der Waals surface area contributed by atoms with Crippen molar-refractivity contribution in [1.82, 2.24) is 0 Å². The molecule has 7 heteroatoms. The zero-order valence-electron chi connectivity index (χ0n) is 17.4. The molecule has 2 amide bonds. The van der Waals surface area contributed by atoms with Gasteiger partial charge in [0.2, 0.25) is 5.91 Å². The first-order chi connectivity index (χ1) is 15.0. The maximum absolute atomic E-state index is 12.9. The van der Waals surface area contributed by atoms with E-state index in [2.05, 4.69) is 10.6 Å². The van der Waals surface area contributed by atoms with Crippen LogP contribution in [0.2, 0.25) is 0 Å². The van der Waals surface area contributed by atoms with E-state index < -0.39 is 0 Å². The fourth-order valence-corrected chi connectivity index (χ4v) is 4.04. The molecule has 1 heterocycles. The Morgan fingerprint density at radius 1 is 1.03 bits per heavy atom. The SMILES string of the molecule is CCOc1ccc(Oc2ccccc2NC(=O)c2sc(NC(=O)C3CC3)cc2C)cc1. The molecular formula is C24H24N2O4S. The van der Waals surface area contributed by atoms with E-state index in [0.29, 0.717) is 33.7 Å². The molecule has 2 N–H and O–H groups in total. The highest BCUT2D eigenvalue weighted by atomic mass is 32.1. The zero-order valence-corrected chi connectivity index (χ0v) is 18.3. The molecule has 1 aliphatic rings. The van der Waals surface area contributed by atoms with Crippen LogP contribution in [0.4, 0.5) is 10.7 Å². The average Bonchev–Trinajstić information content (AvgIpc) is 3.54. The molecule has 0 radical (unpaired) electrons. The Morgan fingerprint density at radius 2 is 1.74 bits per heavy atom. The molecule has 1 aromatic heterocycles. The summed E-state index contributed by atoms with van der Waals surface area (Å²) in [6.07, 6.45) is 1.88. The minimum absolute atomic E-state index is 0.0299. The minimum atomic E-state index is -0.239. The maximum atomic E-state index is 12.9. The number of aryl methyl sites for hydroxylation is 1. The Balaban J connectivity index is 1.46. The van der Waals surface area contributed by atoms with Crippen LogP contribution in [-0.4, -0.2) is 18.4 Å². The van der Waals surface area contributed by atoms with Crippen molar-refractivity contribution < 1.29 is 19.1 Å². The molecule has 2 aromatic carbocycles. The van der Waals surface area contributed by atoms with E-state index in [0.717, 1.165) is 24.2 Å². The van der Waals surface area contributed by atoms with E-state index in [1.807, 2.05) is 56.3 Å². The summed E-state index contributed by atoms with van der Waals surface area (Å²) in [6.45, 7) is 4.40. The summed E-state index contributed by atoms with van der Waals surface area (Å²) in [4.78, 5) is 25.5. The maximum Gasteiger partial charge on any atom is 0.266 e. The van der Waals surface area contributed by atoms with Gasteiger partial charge in [-0.25, -0.2) is 0 Å². The topological polar surface area (TPSA) is 76.7 Å². The van der Waals surface area contributed by atoms with Gasteiger partial charge in [-0.3, -0.25) is 9.59 Å². The number of carbonyl (C=O) groups excluding carboxylic acids is 2. The highest BCUT2D eigenvalue weighted by Gasteiger charge is 2.30. The number of benzene rings is 2. The van der Waals surface area contributed by atoms with Crippen LogP contribution >= 0.6 is 11.3 Å². The lowest BCUT2D eigenvalue weighted by Crippen LogP contribution is -2.12. The van der Waals surface area contributed by atoms with Gasteiger partial charge >= 0.3 is 0 Å². The molecule has 31 heavy (non-hydrogen) atoms. The number of hydrogen-bond acceptors (Lipinski definition) is 5. The predicted octanol–water partition coefficient (Wildman–Crippen LogP) is 5.85. The highest BCUT2D eigenvalue weighted by molar-refractivity contribution is 7.18. The van der Waals surface area contributed by atoms with E-state index in [1.165, 1.54) is 11.3 Å². The number of ether oxygens (including phenoxy) is 2. The van der Waals surface area contributed by atoms with Crippen LogP contribution in [0.25, 0.3) is 0 Å². The van der Waals surface area contributed by atoms with Crippen LogP contribution in [0.15, 0.2) is 54.6 Å². The molecule has 6 nitrogen and oxygen atoms in total. The third-order valence-electron chi connectivity index (χ3n) is 4.82. The van der Waals surface area contributed by atoms with Gasteiger partial charge in [-0.05, 0) is 74.7 Å². The van der Waals surface area contributed by atoms with Gasteiger partial charge in [0.1, 0.15) is 11.5 Å². The number of nitrogens with one attached hydrogen (secondary N) is 2. The molecule has 1 saturated carbocycles. The molecular weight excluding hydrogens is 412 g/mol. The zero-order chi connectivity index (χ0) is 21.8. The summed E-state index contributed by atoms with van der Waals surface area (Å²) in [5.41, 5.74) is 1.39. The van der Waals surface area contributed by atoms with Gasteiger partial charge in [0.15, 0.2) is 5.75 Å². The van der Waals surface area contributed by atoms with E-state index in [1.54, 1.807) is 12.1 Å². The number of carbonyl (C=O) groups is 2. The number of thiophene rings is 1. The van der Waals surface area contributed by atoms with Gasteiger partial charge in [-0.2, -0.15) is 0 Å². The van der Waals surface area contributed by atoms with E-state index in [4.69, 9.17) is 9.47 Å². The number of amides is 2. The number of anilines is 2. The Kier molecular flexibility index (Phi) is 6.23. The van der Waals surface area contributed by atoms with Crippen LogP contribution in [0.1, 0.15) is 35.0 Å². The van der Waals surface area contributed by atoms with Gasteiger partial charge in [0.25, 0.3) is 5.91 Å². The van der Waals surface area contributed by atoms with Crippen molar-refractivity contribution in [3.63, 3.8) is 0 Å². The first-order valence-electron chi connectivity index (χ1n) is 10.3. The van der Waals surface area contributed by atoms with Crippen LogP contribution < -0.4 is 20.1 Å². The average molecular weight is 437 g/mol. The van der Waals surface area contributed by atoms with Crippen molar-refractivity contribution in [2.75, 3.05) is 17.2 Å². The summed E-state index contributed by atoms with van der Waals surface area (Å²) in [5, 5.41) is 6.53. The van der Waals surface area contributed by atoms with Crippen molar-refractivity contribution in [2.45, 2.75) is 26.7 Å². The smallest absolute Gasteiger partial charge is 0.266 e. The summed E-state index contributed by atoms with van der Waals surface area (Å²) >= 11 is 1.28. The van der Waals surface area contributed by atoms with Crippen molar-refractivity contribution in [2.24, 2.45) is 5.92 Å². The molecule has 1 aliphatic carbocycles. The molecule has 0 aliphatic heterocycles. The Labute approximate surface area is 185 Å². The first kappa shape index (κ1) is 20.9. The second-order valence-electron chi connectivity index (χ2n) is 7.34. The quantitative estimate of drug-likeness (QED) is 0.464. The van der Waals surface area contributed by atoms with Crippen LogP contribution in [0.3, 0.4) is 0 Å². The standard InChI is InChI=1S/C24H24N2O4S/c1-3-29-17-10-12-18(13-11-17)30-20-7-5-4-6-19(20)25-24(28)22-15(2)14-21(31-22)26-23(27)16-8-9-16/h4-7,10-14,16H,3,8-9H2,1-2H3,(H,25,28)(H,26,27). The van der Waals surface area contributed by atoms with Crippen molar-refractivity contribution in [1.29, 1.82) is 0 Å². The molecule has 0 saturated heterocycles. The molecule has 0 atom stereocenters. The monoisotopic (exact) mass is 436 g/mol. The lowest BCUT2D eigenvalue weighted by Gasteiger charge is -2.12. The van der Waals surface area contributed by atoms with E-state index >= 15 is 0 Å². The second-order valence-corrected chi connectivity index (χ2v) is 8.40. The summed E-state index contributed by atoms with van der Waals surface area (Å²) in [7, 11) is 0. The molecule has 4 rings (SSSR count). The second kappa shape index (κ2) is 9.22. The first-order valence-corrected chi connectivity index (χ1v) is 11.1. The van der Waals surface area contributed by atoms with Gasteiger partial charge in [-0.1, -0.05) is 12.1 Å².